The van der Waals surface area contributed by atoms with Gasteiger partial charge in [0, 0.05) is 28.5 Å². The van der Waals surface area contributed by atoms with Crippen molar-refractivity contribution in [1.82, 2.24) is 4.57 Å². The van der Waals surface area contributed by atoms with Crippen LogP contribution in [0.15, 0.2) is 42.5 Å². The van der Waals surface area contributed by atoms with Gasteiger partial charge in [-0.15, -0.1) is 0 Å². The summed E-state index contributed by atoms with van der Waals surface area (Å²) < 4.78 is 28.6. The number of halogens is 3. The highest BCUT2D eigenvalue weighted by atomic mass is 35.5. The zero-order valence-corrected chi connectivity index (χ0v) is 15.1. The molecule has 1 aromatic heterocycles. The average Bonchev–Trinajstić information content (AvgIpc) is 2.83. The van der Waals surface area contributed by atoms with Gasteiger partial charge in [-0.3, -0.25) is 4.79 Å². The molecule has 6 heteroatoms. The van der Waals surface area contributed by atoms with Gasteiger partial charge in [0.1, 0.15) is 0 Å². The molecule has 0 spiro atoms. The van der Waals surface area contributed by atoms with Crippen LogP contribution in [0.3, 0.4) is 0 Å². The summed E-state index contributed by atoms with van der Waals surface area (Å²) in [5.74, 6) is -2.34. The Morgan fingerprint density at radius 1 is 1.04 bits per heavy atom. The molecule has 3 aromatic rings. The van der Waals surface area contributed by atoms with E-state index in [0.717, 1.165) is 23.4 Å². The van der Waals surface area contributed by atoms with Gasteiger partial charge in [-0.2, -0.15) is 0 Å². The van der Waals surface area contributed by atoms with Crippen molar-refractivity contribution in [2.45, 2.75) is 20.4 Å². The molecule has 0 bridgehead atoms. The van der Waals surface area contributed by atoms with Crippen LogP contribution in [-0.2, 0) is 6.54 Å². The topological polar surface area (TPSA) is 48.0 Å². The Hall–Kier alpha value is -2.66. The first-order valence-corrected chi connectivity index (χ1v) is 8.36. The van der Waals surface area contributed by atoms with Crippen LogP contribution in [0.1, 0.15) is 27.3 Å². The maximum atomic E-state index is 13.5. The van der Waals surface area contributed by atoms with Crippen LogP contribution in [0, 0.1) is 25.5 Å². The molecule has 0 aliphatic carbocycles. The third-order valence-electron chi connectivity index (χ3n) is 4.49. The van der Waals surface area contributed by atoms with Crippen LogP contribution in [0.4, 0.5) is 8.78 Å². The summed E-state index contributed by atoms with van der Waals surface area (Å²) in [4.78, 5) is 12.1. The number of benzene rings is 2. The van der Waals surface area contributed by atoms with Gasteiger partial charge in [0.25, 0.3) is 5.91 Å². The summed E-state index contributed by atoms with van der Waals surface area (Å²) in [6.07, 6.45) is 0. The van der Waals surface area contributed by atoms with Crippen molar-refractivity contribution in [2.75, 3.05) is 0 Å². The second kappa shape index (κ2) is 6.92. The van der Waals surface area contributed by atoms with Gasteiger partial charge in [-0.05, 0) is 49.2 Å². The summed E-state index contributed by atoms with van der Waals surface area (Å²) in [6, 6.07) is 10.9. The second-order valence-corrected chi connectivity index (χ2v) is 6.56. The molecule has 26 heavy (non-hydrogen) atoms. The third kappa shape index (κ3) is 3.22. The number of hydrogen-bond acceptors (Lipinski definition) is 1. The van der Waals surface area contributed by atoms with E-state index in [-0.39, 0.29) is 0 Å². The van der Waals surface area contributed by atoms with E-state index in [1.54, 1.807) is 19.1 Å². The first-order chi connectivity index (χ1) is 12.3. The van der Waals surface area contributed by atoms with Gasteiger partial charge in [-0.1, -0.05) is 29.8 Å². The van der Waals surface area contributed by atoms with Crippen molar-refractivity contribution in [1.29, 1.82) is 0 Å². The number of nitrogens with two attached hydrogens (primary N) is 1. The summed E-state index contributed by atoms with van der Waals surface area (Å²) in [7, 11) is 0. The van der Waals surface area contributed by atoms with Crippen LogP contribution in [0.2, 0.25) is 5.02 Å². The Morgan fingerprint density at radius 2 is 1.69 bits per heavy atom. The Kier molecular flexibility index (Phi) is 4.83. The summed E-state index contributed by atoms with van der Waals surface area (Å²) in [6.45, 7) is 3.94. The van der Waals surface area contributed by atoms with E-state index in [4.69, 9.17) is 17.3 Å². The van der Waals surface area contributed by atoms with Gasteiger partial charge in [0.2, 0.25) is 0 Å². The molecule has 0 atom stereocenters. The molecule has 3 rings (SSSR count). The molecule has 1 heterocycles. The van der Waals surface area contributed by atoms with E-state index in [2.05, 4.69) is 0 Å². The van der Waals surface area contributed by atoms with E-state index in [9.17, 15) is 13.6 Å². The maximum absolute atomic E-state index is 13.5. The lowest BCUT2D eigenvalue weighted by Crippen LogP contribution is -2.13. The predicted molar refractivity (Wildman–Crippen MR) is 98.3 cm³/mol. The highest BCUT2D eigenvalue weighted by Crippen LogP contribution is 2.33. The quantitative estimate of drug-likeness (QED) is 0.697. The molecule has 0 aliphatic heterocycles. The van der Waals surface area contributed by atoms with Crippen LogP contribution in [0.25, 0.3) is 11.1 Å². The molecule has 0 fully saturated rings. The predicted octanol–water partition coefficient (Wildman–Crippen LogP) is 4.85. The molecular weight excluding hydrogens is 358 g/mol. The first kappa shape index (κ1) is 18.1. The zero-order chi connectivity index (χ0) is 19.0. The number of aromatic nitrogens is 1. The van der Waals surface area contributed by atoms with Crippen LogP contribution < -0.4 is 5.73 Å². The van der Waals surface area contributed by atoms with Crippen molar-refractivity contribution in [3.8, 4) is 11.1 Å². The van der Waals surface area contributed by atoms with E-state index in [1.807, 2.05) is 23.6 Å². The molecule has 0 radical (unpaired) electrons. The van der Waals surface area contributed by atoms with Crippen LogP contribution in [-0.4, -0.2) is 10.5 Å². The van der Waals surface area contributed by atoms with Crippen molar-refractivity contribution in [3.63, 3.8) is 0 Å². The largest absolute Gasteiger partial charge is 0.366 e. The van der Waals surface area contributed by atoms with E-state index in [0.29, 0.717) is 34.0 Å². The van der Waals surface area contributed by atoms with Crippen LogP contribution in [0.5, 0.6) is 0 Å². The summed E-state index contributed by atoms with van der Waals surface area (Å²) in [5.41, 5.74) is 9.62. The smallest absolute Gasteiger partial charge is 0.251 e. The molecule has 0 aliphatic rings. The number of primary amides is 1. The molecule has 134 valence electrons. The van der Waals surface area contributed by atoms with Crippen molar-refractivity contribution in [2.24, 2.45) is 5.73 Å². The minimum atomic E-state index is -0.905. The lowest BCUT2D eigenvalue weighted by Gasteiger charge is -2.10. The maximum Gasteiger partial charge on any atom is 0.251 e. The molecule has 2 N–H and O–H groups in total. The van der Waals surface area contributed by atoms with Crippen molar-refractivity contribution >= 4 is 17.5 Å². The SMILES string of the molecule is Cc1c(C(N)=O)c(-c2ccc(Cl)cc2)c(C)n1Cc1ccc(F)c(F)c1. The van der Waals surface area contributed by atoms with E-state index >= 15 is 0 Å². The number of carbonyl (C=O) groups is 1. The number of nitrogens with zero attached hydrogens (tertiary/aromatic N) is 1. The van der Waals surface area contributed by atoms with Gasteiger partial charge in [-0.25, -0.2) is 8.78 Å². The fraction of sp³-hybridized carbons (Fsp3) is 0.150. The van der Waals surface area contributed by atoms with Gasteiger partial charge < -0.3 is 10.3 Å². The van der Waals surface area contributed by atoms with Crippen molar-refractivity contribution in [3.05, 3.63) is 81.6 Å². The number of rotatable bonds is 4. The molecule has 3 nitrogen and oxygen atoms in total. The molecule has 2 aromatic carbocycles. The molecular formula is C20H17ClF2N2O. The normalized spacial score (nSPS) is 11.0. The summed E-state index contributed by atoms with van der Waals surface area (Å²) >= 11 is 5.95. The number of hydrogen-bond donors (Lipinski definition) is 1. The minimum absolute atomic E-state index is 0.294. The van der Waals surface area contributed by atoms with E-state index in [1.165, 1.54) is 6.07 Å². The highest BCUT2D eigenvalue weighted by molar-refractivity contribution is 6.30. The van der Waals surface area contributed by atoms with Gasteiger partial charge in [0.05, 0.1) is 5.56 Å². The van der Waals surface area contributed by atoms with E-state index < -0.39 is 17.5 Å². The molecule has 0 saturated carbocycles. The van der Waals surface area contributed by atoms with Crippen LogP contribution >= 0.6 is 11.6 Å². The lowest BCUT2D eigenvalue weighted by atomic mass is 10.0. The Balaban J connectivity index is 2.14. The average molecular weight is 375 g/mol. The monoisotopic (exact) mass is 374 g/mol. The number of amides is 1. The van der Waals surface area contributed by atoms with Crippen molar-refractivity contribution < 1.29 is 13.6 Å². The fourth-order valence-electron chi connectivity index (χ4n) is 3.21. The Morgan fingerprint density at radius 3 is 2.27 bits per heavy atom. The lowest BCUT2D eigenvalue weighted by molar-refractivity contribution is 0.1000. The highest BCUT2D eigenvalue weighted by Gasteiger charge is 2.22. The molecule has 0 saturated heterocycles. The van der Waals surface area contributed by atoms with Gasteiger partial charge >= 0.3 is 0 Å². The molecule has 1 amide bonds. The Labute approximate surface area is 155 Å². The zero-order valence-electron chi connectivity index (χ0n) is 14.3. The molecule has 0 unspecified atom stereocenters. The third-order valence-corrected chi connectivity index (χ3v) is 4.74. The minimum Gasteiger partial charge on any atom is -0.366 e. The number of carbonyl (C=O) groups excluding carboxylic acids is 1. The van der Waals surface area contributed by atoms with Gasteiger partial charge in [0.15, 0.2) is 11.6 Å². The second-order valence-electron chi connectivity index (χ2n) is 6.13. The standard InChI is InChI=1S/C20H17ClF2N2O/c1-11-18(14-4-6-15(21)7-5-14)19(20(24)26)12(2)25(11)10-13-3-8-16(22)17(23)9-13/h3-9H,10H2,1-2H3,(H2,24,26). The Bertz CT molecular complexity index is 994. The first-order valence-electron chi connectivity index (χ1n) is 7.99. The summed E-state index contributed by atoms with van der Waals surface area (Å²) in [5, 5.41) is 0.588. The fourth-order valence-corrected chi connectivity index (χ4v) is 3.34.